The van der Waals surface area contributed by atoms with E-state index in [-0.39, 0.29) is 16.5 Å². The molecular weight excluding hydrogens is 352 g/mol. The van der Waals surface area contributed by atoms with Crippen LogP contribution in [0.5, 0.6) is 0 Å². The monoisotopic (exact) mass is 375 g/mol. The highest BCUT2D eigenvalue weighted by Gasteiger charge is 2.24. The number of likely N-dealkylation sites (N-methyl/N-ethyl adjacent to an activating group) is 1. The highest BCUT2D eigenvalue weighted by Crippen LogP contribution is 2.19. The van der Waals surface area contributed by atoms with Gasteiger partial charge in [-0.3, -0.25) is 14.9 Å². The lowest BCUT2D eigenvalue weighted by molar-refractivity contribution is -0.892. The Kier molecular flexibility index (Phi) is 5.85. The number of benzene rings is 1. The summed E-state index contributed by atoms with van der Waals surface area (Å²) < 4.78 is 0. The molecule has 1 aliphatic heterocycles. The van der Waals surface area contributed by atoms with Crippen molar-refractivity contribution in [2.45, 2.75) is 6.54 Å². The summed E-state index contributed by atoms with van der Waals surface area (Å²) in [5.74, 6) is 0.162. The fraction of sp³-hybridized carbons (Fsp3) is 0.389. The molecule has 0 bridgehead atoms. The van der Waals surface area contributed by atoms with E-state index in [0.29, 0.717) is 13.1 Å². The number of amides is 1. The molecule has 1 aromatic carbocycles. The molecule has 0 atom stereocenters. The molecule has 138 valence electrons. The van der Waals surface area contributed by atoms with Crippen molar-refractivity contribution < 1.29 is 14.6 Å². The van der Waals surface area contributed by atoms with Gasteiger partial charge >= 0.3 is 0 Å². The molecule has 3 rings (SSSR count). The normalized spacial score (nSPS) is 15.0. The fourth-order valence-corrected chi connectivity index (χ4v) is 3.80. The first-order chi connectivity index (χ1) is 12.5. The van der Waals surface area contributed by atoms with Crippen molar-refractivity contribution >= 4 is 28.6 Å². The number of nitro groups is 1. The first kappa shape index (κ1) is 18.3. The molecule has 1 N–H and O–H groups in total. The molecule has 0 unspecified atom stereocenters. The molecule has 8 heteroatoms. The van der Waals surface area contributed by atoms with E-state index in [1.165, 1.54) is 22.6 Å². The molecule has 0 saturated carbocycles. The topological polar surface area (TPSA) is 71.1 Å². The average molecular weight is 375 g/mol. The third-order valence-electron chi connectivity index (χ3n) is 4.72. The zero-order chi connectivity index (χ0) is 18.5. The number of carbonyl (C=O) groups excluding carboxylic acids is 1. The van der Waals surface area contributed by atoms with Crippen molar-refractivity contribution in [1.82, 2.24) is 4.90 Å². The second-order valence-corrected chi connectivity index (χ2v) is 7.35. The Hall–Kier alpha value is -2.45. The second-order valence-electron chi connectivity index (χ2n) is 6.57. The number of piperazine rings is 1. The summed E-state index contributed by atoms with van der Waals surface area (Å²) in [5, 5.41) is 14.8. The van der Waals surface area contributed by atoms with Crippen molar-refractivity contribution in [3.63, 3.8) is 0 Å². The number of nitrogens with zero attached hydrogens (tertiary/aromatic N) is 3. The van der Waals surface area contributed by atoms with Crippen LogP contribution in [0.15, 0.2) is 41.1 Å². The average Bonchev–Trinajstić information content (AvgIpc) is 3.15. The van der Waals surface area contributed by atoms with Gasteiger partial charge in [0.2, 0.25) is 0 Å². The Morgan fingerprint density at radius 1 is 1.27 bits per heavy atom. The first-order valence-corrected chi connectivity index (χ1v) is 9.55. The zero-order valence-corrected chi connectivity index (χ0v) is 15.6. The third kappa shape index (κ3) is 4.59. The number of carbonyl (C=O) groups is 1. The SMILES string of the molecule is CN(Cc1ccsc1)C(=O)C[NH+]1CCN(c2ccc([N+](=O)[O-])cc2)CC1. The molecule has 1 aliphatic rings. The number of non-ortho nitro benzene ring substituents is 1. The largest absolute Gasteiger partial charge is 0.360 e. The van der Waals surface area contributed by atoms with Crippen molar-refractivity contribution in [3.8, 4) is 0 Å². The van der Waals surface area contributed by atoms with Crippen molar-refractivity contribution in [1.29, 1.82) is 0 Å². The molecule has 2 aromatic rings. The summed E-state index contributed by atoms with van der Waals surface area (Å²) in [4.78, 5) is 28.1. The van der Waals surface area contributed by atoms with Crippen LogP contribution in [0.4, 0.5) is 11.4 Å². The van der Waals surface area contributed by atoms with Gasteiger partial charge in [-0.2, -0.15) is 11.3 Å². The van der Waals surface area contributed by atoms with Gasteiger partial charge in [0.1, 0.15) is 0 Å². The van der Waals surface area contributed by atoms with Crippen molar-refractivity contribution in [2.24, 2.45) is 0 Å². The Bertz CT molecular complexity index is 740. The molecule has 2 heterocycles. The molecule has 0 radical (unpaired) electrons. The van der Waals surface area contributed by atoms with Crippen LogP contribution < -0.4 is 9.80 Å². The lowest BCUT2D eigenvalue weighted by atomic mass is 10.2. The van der Waals surface area contributed by atoms with Gasteiger partial charge in [0.05, 0.1) is 31.1 Å². The van der Waals surface area contributed by atoms with Crippen LogP contribution in [0.3, 0.4) is 0 Å². The molecule has 7 nitrogen and oxygen atoms in total. The Balaban J connectivity index is 1.47. The number of nitrogens with one attached hydrogen (secondary N) is 1. The summed E-state index contributed by atoms with van der Waals surface area (Å²) in [6.45, 7) is 4.62. The van der Waals surface area contributed by atoms with Crippen LogP contribution in [0.2, 0.25) is 0 Å². The predicted molar refractivity (Wildman–Crippen MR) is 102 cm³/mol. The lowest BCUT2D eigenvalue weighted by Gasteiger charge is -2.33. The summed E-state index contributed by atoms with van der Waals surface area (Å²) in [7, 11) is 1.85. The van der Waals surface area contributed by atoms with Crippen LogP contribution >= 0.6 is 11.3 Å². The number of thiophene rings is 1. The maximum atomic E-state index is 12.4. The first-order valence-electron chi connectivity index (χ1n) is 8.61. The van der Waals surface area contributed by atoms with Crippen LogP contribution in [0.25, 0.3) is 0 Å². The summed E-state index contributed by atoms with van der Waals surface area (Å²) in [6, 6.07) is 8.71. The van der Waals surface area contributed by atoms with Crippen molar-refractivity contribution in [3.05, 3.63) is 56.8 Å². The number of anilines is 1. The van der Waals surface area contributed by atoms with E-state index in [0.717, 1.165) is 31.9 Å². The van der Waals surface area contributed by atoms with E-state index in [1.807, 2.05) is 18.5 Å². The molecule has 1 aromatic heterocycles. The lowest BCUT2D eigenvalue weighted by Crippen LogP contribution is -3.15. The highest BCUT2D eigenvalue weighted by atomic mass is 32.1. The van der Waals surface area contributed by atoms with Crippen LogP contribution in [-0.4, -0.2) is 55.5 Å². The molecular formula is C18H23N4O3S+. The summed E-state index contributed by atoms with van der Waals surface area (Å²) >= 11 is 1.64. The number of nitro benzene ring substituents is 1. The van der Waals surface area contributed by atoms with E-state index < -0.39 is 0 Å². The van der Waals surface area contributed by atoms with Gasteiger partial charge in [0.15, 0.2) is 6.54 Å². The second kappa shape index (κ2) is 8.29. The van der Waals surface area contributed by atoms with Gasteiger partial charge < -0.3 is 14.7 Å². The number of rotatable bonds is 6. The zero-order valence-electron chi connectivity index (χ0n) is 14.8. The fourth-order valence-electron chi connectivity index (χ4n) is 3.14. The molecule has 26 heavy (non-hydrogen) atoms. The van der Waals surface area contributed by atoms with Gasteiger partial charge in [-0.05, 0) is 34.5 Å². The standard InChI is InChI=1S/C18H22N4O3S/c1-19(12-15-6-11-26-14-15)18(23)13-20-7-9-21(10-8-20)16-2-4-17(5-3-16)22(24)25/h2-6,11,14H,7-10,12-13H2,1H3/p+1. The van der Waals surface area contributed by atoms with Gasteiger partial charge in [0.25, 0.3) is 11.6 Å². The quantitative estimate of drug-likeness (QED) is 0.605. The maximum Gasteiger partial charge on any atom is 0.277 e. The molecule has 1 amide bonds. The van der Waals surface area contributed by atoms with Crippen LogP contribution in [0.1, 0.15) is 5.56 Å². The maximum absolute atomic E-state index is 12.4. The minimum atomic E-state index is -0.385. The minimum absolute atomic E-state index is 0.109. The Morgan fingerprint density at radius 3 is 2.54 bits per heavy atom. The number of hydrogen-bond donors (Lipinski definition) is 1. The van der Waals surface area contributed by atoms with Gasteiger partial charge in [-0.1, -0.05) is 0 Å². The van der Waals surface area contributed by atoms with E-state index in [9.17, 15) is 14.9 Å². The van der Waals surface area contributed by atoms with Crippen molar-refractivity contribution in [2.75, 3.05) is 44.7 Å². The van der Waals surface area contributed by atoms with Gasteiger partial charge in [-0.25, -0.2) is 0 Å². The molecule has 0 spiro atoms. The Morgan fingerprint density at radius 2 is 1.96 bits per heavy atom. The molecule has 1 saturated heterocycles. The van der Waals surface area contributed by atoms with Crippen LogP contribution in [0, 0.1) is 10.1 Å². The van der Waals surface area contributed by atoms with Gasteiger partial charge in [-0.15, -0.1) is 0 Å². The summed E-state index contributed by atoms with van der Waals surface area (Å²) in [6.07, 6.45) is 0. The Labute approximate surface area is 156 Å². The predicted octanol–water partition coefficient (Wildman–Crippen LogP) is 1.02. The molecule has 1 fully saturated rings. The number of quaternary nitrogens is 1. The summed E-state index contributed by atoms with van der Waals surface area (Å²) in [5.41, 5.74) is 2.27. The molecule has 0 aliphatic carbocycles. The number of hydrogen-bond acceptors (Lipinski definition) is 5. The van der Waals surface area contributed by atoms with Gasteiger partial charge in [0, 0.05) is 31.4 Å². The van der Waals surface area contributed by atoms with E-state index in [1.54, 1.807) is 28.4 Å². The smallest absolute Gasteiger partial charge is 0.277 e. The highest BCUT2D eigenvalue weighted by molar-refractivity contribution is 7.07. The van der Waals surface area contributed by atoms with E-state index in [4.69, 9.17) is 0 Å². The van der Waals surface area contributed by atoms with Crippen LogP contribution in [-0.2, 0) is 11.3 Å². The third-order valence-corrected chi connectivity index (χ3v) is 5.46. The van der Waals surface area contributed by atoms with E-state index >= 15 is 0 Å². The van der Waals surface area contributed by atoms with E-state index in [2.05, 4.69) is 10.3 Å². The minimum Gasteiger partial charge on any atom is -0.360 e.